The minimum absolute atomic E-state index is 0.133. The number of ether oxygens (including phenoxy) is 2. The highest BCUT2D eigenvalue weighted by molar-refractivity contribution is 5.64. The van der Waals surface area contributed by atoms with E-state index in [0.717, 1.165) is 11.8 Å². The first-order chi connectivity index (χ1) is 14.7. The Hall–Kier alpha value is -3.29. The minimum Gasteiger partial charge on any atom is -0.493 e. The molecule has 31 heavy (non-hydrogen) atoms. The minimum atomic E-state index is -4.62. The second-order valence-electron chi connectivity index (χ2n) is 7.42. The summed E-state index contributed by atoms with van der Waals surface area (Å²) in [6.45, 7) is 4.69. The molecule has 0 aliphatic carbocycles. The highest BCUT2D eigenvalue weighted by Crippen LogP contribution is 2.38. The van der Waals surface area contributed by atoms with Crippen molar-refractivity contribution in [2.24, 2.45) is 5.92 Å². The molecular weight excluding hydrogens is 407 g/mol. The highest BCUT2D eigenvalue weighted by Gasteiger charge is 2.36. The van der Waals surface area contributed by atoms with Gasteiger partial charge in [-0.2, -0.15) is 18.2 Å². The van der Waals surface area contributed by atoms with Crippen LogP contribution in [0.2, 0.25) is 0 Å². The number of aromatic nitrogens is 2. The third kappa shape index (κ3) is 6.10. The summed E-state index contributed by atoms with van der Waals surface area (Å²) in [7, 11) is 1.51. The normalized spacial score (nSPS) is 11.5. The van der Waals surface area contributed by atoms with Gasteiger partial charge >= 0.3 is 12.2 Å². The Morgan fingerprint density at radius 1 is 1.00 bits per heavy atom. The van der Waals surface area contributed by atoms with Crippen molar-refractivity contribution in [1.29, 1.82) is 0 Å². The maximum absolute atomic E-state index is 13.6. The number of rotatable bonds is 8. The lowest BCUT2D eigenvalue weighted by Gasteiger charge is -2.23. The molecule has 3 rings (SSSR count). The van der Waals surface area contributed by atoms with E-state index < -0.39 is 11.7 Å². The summed E-state index contributed by atoms with van der Waals surface area (Å²) < 4.78 is 52.1. The quantitative estimate of drug-likeness (QED) is 0.446. The van der Waals surface area contributed by atoms with Crippen molar-refractivity contribution in [1.82, 2.24) is 9.97 Å². The van der Waals surface area contributed by atoms with Crippen LogP contribution in [0.25, 0.3) is 0 Å². The molecule has 2 aromatic carbocycles. The number of halogens is 3. The molecule has 0 fully saturated rings. The highest BCUT2D eigenvalue weighted by atomic mass is 19.4. The van der Waals surface area contributed by atoms with Gasteiger partial charge in [0.15, 0.2) is 5.82 Å². The van der Waals surface area contributed by atoms with Crippen LogP contribution in [0.4, 0.5) is 24.7 Å². The predicted molar refractivity (Wildman–Crippen MR) is 113 cm³/mol. The van der Waals surface area contributed by atoms with Crippen LogP contribution in [0.1, 0.15) is 25.0 Å². The molecule has 0 bridgehead atoms. The Kier molecular flexibility index (Phi) is 6.99. The van der Waals surface area contributed by atoms with E-state index in [1.165, 1.54) is 11.9 Å². The average molecular weight is 431 g/mol. The average Bonchev–Trinajstić information content (AvgIpc) is 2.76. The number of hydrogen-bond acceptors (Lipinski definition) is 5. The van der Waals surface area contributed by atoms with Crippen molar-refractivity contribution in [2.75, 3.05) is 18.6 Å². The number of hydrogen-bond donors (Lipinski definition) is 0. The largest absolute Gasteiger partial charge is 0.493 e. The fourth-order valence-electron chi connectivity index (χ4n) is 2.77. The lowest BCUT2D eigenvalue weighted by Crippen LogP contribution is -2.19. The monoisotopic (exact) mass is 431 g/mol. The molecule has 0 saturated carbocycles. The molecule has 0 radical (unpaired) electrons. The van der Waals surface area contributed by atoms with Crippen LogP contribution in [-0.4, -0.2) is 23.6 Å². The van der Waals surface area contributed by atoms with E-state index >= 15 is 0 Å². The standard InChI is InChI=1S/C23H24F3N3O2/c1-16(2)14-30-19-11-7-10-18(12-19)29(3)21-20(23(24,25)26)13-27-22(28-21)31-15-17-8-5-4-6-9-17/h4-13,16H,14-15H2,1-3H3. The van der Waals surface area contributed by atoms with Gasteiger partial charge in [-0.05, 0) is 23.6 Å². The van der Waals surface area contributed by atoms with Crippen LogP contribution in [0, 0.1) is 5.92 Å². The Morgan fingerprint density at radius 3 is 2.42 bits per heavy atom. The van der Waals surface area contributed by atoms with Gasteiger partial charge in [-0.15, -0.1) is 0 Å². The molecule has 0 unspecified atom stereocenters. The summed E-state index contributed by atoms with van der Waals surface area (Å²) in [6.07, 6.45) is -3.87. The zero-order chi connectivity index (χ0) is 22.4. The molecule has 0 atom stereocenters. The Balaban J connectivity index is 1.89. The summed E-state index contributed by atoms with van der Waals surface area (Å²) in [6, 6.07) is 16.0. The Labute approximate surface area is 179 Å². The van der Waals surface area contributed by atoms with Gasteiger partial charge < -0.3 is 14.4 Å². The van der Waals surface area contributed by atoms with Crippen LogP contribution in [0.5, 0.6) is 11.8 Å². The molecule has 0 amide bonds. The van der Waals surface area contributed by atoms with Crippen LogP contribution in [-0.2, 0) is 12.8 Å². The molecule has 0 N–H and O–H groups in total. The van der Waals surface area contributed by atoms with E-state index in [2.05, 4.69) is 9.97 Å². The first-order valence-corrected chi connectivity index (χ1v) is 9.81. The fourth-order valence-corrected chi connectivity index (χ4v) is 2.77. The molecule has 5 nitrogen and oxygen atoms in total. The van der Waals surface area contributed by atoms with E-state index in [4.69, 9.17) is 9.47 Å². The zero-order valence-electron chi connectivity index (χ0n) is 17.6. The smallest absolute Gasteiger partial charge is 0.421 e. The van der Waals surface area contributed by atoms with Crippen molar-refractivity contribution >= 4 is 11.5 Å². The van der Waals surface area contributed by atoms with Crippen molar-refractivity contribution in [3.63, 3.8) is 0 Å². The van der Waals surface area contributed by atoms with Crippen LogP contribution in [0.15, 0.2) is 60.8 Å². The number of benzene rings is 2. The Morgan fingerprint density at radius 2 is 1.74 bits per heavy atom. The van der Waals surface area contributed by atoms with Gasteiger partial charge in [-0.3, -0.25) is 0 Å². The summed E-state index contributed by atoms with van der Waals surface area (Å²) in [5, 5.41) is 0. The van der Waals surface area contributed by atoms with Crippen molar-refractivity contribution in [2.45, 2.75) is 26.6 Å². The predicted octanol–water partition coefficient (Wildman–Crippen LogP) is 5.88. The molecule has 1 heterocycles. The van der Waals surface area contributed by atoms with Crippen LogP contribution >= 0.6 is 0 Å². The molecule has 1 aromatic heterocycles. The molecule has 0 saturated heterocycles. The van der Waals surface area contributed by atoms with E-state index in [1.807, 2.05) is 44.2 Å². The lowest BCUT2D eigenvalue weighted by atomic mass is 10.2. The first-order valence-electron chi connectivity index (χ1n) is 9.81. The number of nitrogens with zero attached hydrogens (tertiary/aromatic N) is 3. The molecule has 0 aliphatic rings. The van der Waals surface area contributed by atoms with Crippen LogP contribution < -0.4 is 14.4 Å². The maximum Gasteiger partial charge on any atom is 0.421 e. The van der Waals surface area contributed by atoms with Gasteiger partial charge in [-0.1, -0.05) is 50.2 Å². The van der Waals surface area contributed by atoms with Gasteiger partial charge in [0.25, 0.3) is 0 Å². The van der Waals surface area contributed by atoms with Gasteiger partial charge in [-0.25, -0.2) is 4.98 Å². The van der Waals surface area contributed by atoms with Gasteiger partial charge in [0.05, 0.1) is 6.61 Å². The summed E-state index contributed by atoms with van der Waals surface area (Å²) in [4.78, 5) is 9.17. The molecule has 3 aromatic rings. The van der Waals surface area contributed by atoms with E-state index in [1.54, 1.807) is 24.3 Å². The van der Waals surface area contributed by atoms with Crippen molar-refractivity contribution in [3.05, 3.63) is 71.9 Å². The van der Waals surface area contributed by atoms with Gasteiger partial charge in [0.2, 0.25) is 0 Å². The third-order valence-electron chi connectivity index (χ3n) is 4.37. The van der Waals surface area contributed by atoms with Gasteiger partial charge in [0, 0.05) is 25.0 Å². The number of alkyl halides is 3. The SMILES string of the molecule is CC(C)COc1cccc(N(C)c2nc(OCc3ccccc3)ncc2C(F)(F)F)c1. The van der Waals surface area contributed by atoms with Crippen LogP contribution in [0.3, 0.4) is 0 Å². The van der Waals surface area contributed by atoms with E-state index in [0.29, 0.717) is 24.0 Å². The lowest BCUT2D eigenvalue weighted by molar-refractivity contribution is -0.137. The summed E-state index contributed by atoms with van der Waals surface area (Å²) in [5.41, 5.74) is 0.408. The third-order valence-corrected chi connectivity index (χ3v) is 4.37. The van der Waals surface area contributed by atoms with Crippen molar-refractivity contribution in [3.8, 4) is 11.8 Å². The van der Waals surface area contributed by atoms with E-state index in [9.17, 15) is 13.2 Å². The number of anilines is 2. The zero-order valence-corrected chi connectivity index (χ0v) is 17.6. The molecule has 0 spiro atoms. The van der Waals surface area contributed by atoms with E-state index in [-0.39, 0.29) is 18.4 Å². The summed E-state index contributed by atoms with van der Waals surface area (Å²) >= 11 is 0. The topological polar surface area (TPSA) is 47.5 Å². The van der Waals surface area contributed by atoms with Crippen molar-refractivity contribution < 1.29 is 22.6 Å². The Bertz CT molecular complexity index is 995. The summed E-state index contributed by atoms with van der Waals surface area (Å²) in [5.74, 6) is 0.595. The molecule has 0 aliphatic heterocycles. The van der Waals surface area contributed by atoms with Gasteiger partial charge in [0.1, 0.15) is 17.9 Å². The first kappa shape index (κ1) is 22.4. The second-order valence-corrected chi connectivity index (χ2v) is 7.42. The molecule has 164 valence electrons. The maximum atomic E-state index is 13.6. The second kappa shape index (κ2) is 9.68. The molecule has 8 heteroatoms. The molecular formula is C23H24F3N3O2. The fraction of sp³-hybridized carbons (Fsp3) is 0.304.